The first-order valence-corrected chi connectivity index (χ1v) is 20.9. The van der Waals surface area contributed by atoms with Crippen LogP contribution < -0.4 is 0 Å². The number of carbonyl (C=O) groups is 2. The van der Waals surface area contributed by atoms with Crippen LogP contribution in [0.2, 0.25) is 0 Å². The van der Waals surface area contributed by atoms with E-state index in [2.05, 4.69) is 38.2 Å². The first-order valence-electron chi connectivity index (χ1n) is 20.9. The van der Waals surface area contributed by atoms with Crippen LogP contribution in [0.15, 0.2) is 24.3 Å². The fourth-order valence-electron chi connectivity index (χ4n) is 6.00. The summed E-state index contributed by atoms with van der Waals surface area (Å²) >= 11 is 0. The van der Waals surface area contributed by atoms with Gasteiger partial charge < -0.3 is 14.6 Å². The molecule has 1 N–H and O–H groups in total. The number of ether oxygens (including phenoxy) is 2. The Morgan fingerprint density at radius 1 is 0.438 bits per heavy atom. The van der Waals surface area contributed by atoms with Crippen LogP contribution in [0.4, 0.5) is 0 Å². The lowest BCUT2D eigenvalue weighted by atomic mass is 10.0. The molecule has 0 aliphatic carbocycles. The van der Waals surface area contributed by atoms with Crippen molar-refractivity contribution < 1.29 is 24.2 Å². The molecule has 0 heterocycles. The Morgan fingerprint density at radius 2 is 0.729 bits per heavy atom. The molecular formula is C43H80O5. The number of aliphatic hydroxyl groups is 1. The molecule has 0 bridgehead atoms. The summed E-state index contributed by atoms with van der Waals surface area (Å²) in [7, 11) is 0. The zero-order valence-electron chi connectivity index (χ0n) is 32.0. The van der Waals surface area contributed by atoms with Crippen molar-refractivity contribution in [2.45, 2.75) is 225 Å². The smallest absolute Gasteiger partial charge is 0.305 e. The molecule has 0 spiro atoms. The maximum absolute atomic E-state index is 12.0. The zero-order valence-corrected chi connectivity index (χ0v) is 32.0. The molecule has 0 rings (SSSR count). The zero-order chi connectivity index (χ0) is 35.0. The van der Waals surface area contributed by atoms with E-state index in [0.29, 0.717) is 12.8 Å². The summed E-state index contributed by atoms with van der Waals surface area (Å²) < 4.78 is 10.3. The van der Waals surface area contributed by atoms with Crippen LogP contribution in [0.5, 0.6) is 0 Å². The molecule has 5 nitrogen and oxygen atoms in total. The van der Waals surface area contributed by atoms with Crippen molar-refractivity contribution in [1.82, 2.24) is 0 Å². The van der Waals surface area contributed by atoms with Gasteiger partial charge in [0.25, 0.3) is 0 Å². The fourth-order valence-corrected chi connectivity index (χ4v) is 6.00. The Bertz CT molecular complexity index is 731. The molecule has 0 aliphatic rings. The molecule has 0 aromatic carbocycles. The third kappa shape index (κ3) is 38.8. The molecule has 5 heteroatoms. The van der Waals surface area contributed by atoms with Gasteiger partial charge in [-0.3, -0.25) is 9.59 Å². The van der Waals surface area contributed by atoms with E-state index in [9.17, 15) is 14.7 Å². The molecule has 48 heavy (non-hydrogen) atoms. The third-order valence-electron chi connectivity index (χ3n) is 9.19. The van der Waals surface area contributed by atoms with E-state index in [0.717, 1.165) is 38.5 Å². The summed E-state index contributed by atoms with van der Waals surface area (Å²) in [5.41, 5.74) is 0. The first kappa shape index (κ1) is 46.4. The molecule has 0 aromatic rings. The number of rotatable bonds is 38. The van der Waals surface area contributed by atoms with Gasteiger partial charge in [-0.25, -0.2) is 0 Å². The minimum Gasteiger partial charge on any atom is -0.463 e. The van der Waals surface area contributed by atoms with Crippen LogP contribution in [0.1, 0.15) is 219 Å². The van der Waals surface area contributed by atoms with Crippen LogP contribution in [0.3, 0.4) is 0 Å². The molecule has 0 unspecified atom stereocenters. The number of hydrogen-bond donors (Lipinski definition) is 1. The van der Waals surface area contributed by atoms with Crippen molar-refractivity contribution in [3.05, 3.63) is 24.3 Å². The van der Waals surface area contributed by atoms with Gasteiger partial charge in [-0.15, -0.1) is 0 Å². The number of carbonyl (C=O) groups excluding carboxylic acids is 2. The standard InChI is InChI=1S/C43H80O5/c1-3-5-7-9-11-13-15-17-19-21-23-25-27-29-31-33-35-37-42(45)47-39-41(44)40-48-43(46)38-36-34-32-30-28-26-24-22-20-18-16-14-12-10-8-6-4-2/h11,13,17,19,41,44H,3-10,12,14-16,18,20-40H2,1-2H3/b13-11-,19-17-/t41-/m0/s1. The van der Waals surface area contributed by atoms with E-state index < -0.39 is 6.10 Å². The number of unbranched alkanes of at least 4 members (excludes halogenated alkanes) is 26. The van der Waals surface area contributed by atoms with Gasteiger partial charge in [0, 0.05) is 12.8 Å². The van der Waals surface area contributed by atoms with Crippen molar-refractivity contribution in [3.8, 4) is 0 Å². The first-order chi connectivity index (χ1) is 23.6. The van der Waals surface area contributed by atoms with Crippen molar-refractivity contribution in [2.24, 2.45) is 0 Å². The Kier molecular flexibility index (Phi) is 38.5. The molecule has 0 amide bonds. The fraction of sp³-hybridized carbons (Fsp3) is 0.860. The molecule has 1 atom stereocenters. The van der Waals surface area contributed by atoms with Gasteiger partial charge in [0.15, 0.2) is 0 Å². The lowest BCUT2D eigenvalue weighted by Gasteiger charge is -2.12. The highest BCUT2D eigenvalue weighted by molar-refractivity contribution is 5.69. The average molecular weight is 677 g/mol. The van der Waals surface area contributed by atoms with Crippen LogP contribution >= 0.6 is 0 Å². The number of hydrogen-bond acceptors (Lipinski definition) is 5. The number of allylic oxidation sites excluding steroid dienone is 4. The number of esters is 2. The van der Waals surface area contributed by atoms with Gasteiger partial charge in [-0.1, -0.05) is 186 Å². The van der Waals surface area contributed by atoms with Crippen LogP contribution in [0.25, 0.3) is 0 Å². The highest BCUT2D eigenvalue weighted by Gasteiger charge is 2.12. The summed E-state index contributed by atoms with van der Waals surface area (Å²) in [6, 6.07) is 0. The van der Waals surface area contributed by atoms with Gasteiger partial charge in [0.05, 0.1) is 0 Å². The van der Waals surface area contributed by atoms with Gasteiger partial charge in [0.2, 0.25) is 0 Å². The molecule has 282 valence electrons. The predicted molar refractivity (Wildman–Crippen MR) is 205 cm³/mol. The molecule has 0 fully saturated rings. The quantitative estimate of drug-likeness (QED) is 0.0400. The van der Waals surface area contributed by atoms with Crippen molar-refractivity contribution in [3.63, 3.8) is 0 Å². The molecule has 0 saturated heterocycles. The van der Waals surface area contributed by atoms with Gasteiger partial charge in [-0.2, -0.15) is 0 Å². The van der Waals surface area contributed by atoms with E-state index in [1.165, 1.54) is 154 Å². The van der Waals surface area contributed by atoms with E-state index >= 15 is 0 Å². The van der Waals surface area contributed by atoms with Gasteiger partial charge in [0.1, 0.15) is 19.3 Å². The molecular weight excluding hydrogens is 596 g/mol. The van der Waals surface area contributed by atoms with E-state index in [-0.39, 0.29) is 25.2 Å². The maximum atomic E-state index is 12.0. The third-order valence-corrected chi connectivity index (χ3v) is 9.19. The lowest BCUT2D eigenvalue weighted by Crippen LogP contribution is -2.25. The second-order valence-electron chi connectivity index (χ2n) is 14.1. The minimum absolute atomic E-state index is 0.114. The van der Waals surface area contributed by atoms with E-state index in [1.54, 1.807) is 0 Å². The number of aliphatic hydroxyl groups excluding tert-OH is 1. The largest absolute Gasteiger partial charge is 0.463 e. The highest BCUT2D eigenvalue weighted by atomic mass is 16.6. The average Bonchev–Trinajstić information content (AvgIpc) is 3.09. The van der Waals surface area contributed by atoms with Crippen molar-refractivity contribution >= 4 is 11.9 Å². The van der Waals surface area contributed by atoms with E-state index in [1.807, 2.05) is 0 Å². The van der Waals surface area contributed by atoms with Crippen molar-refractivity contribution in [2.75, 3.05) is 13.2 Å². The highest BCUT2D eigenvalue weighted by Crippen LogP contribution is 2.15. The summed E-state index contributed by atoms with van der Waals surface area (Å²) in [6.07, 6.45) is 46.6. The lowest BCUT2D eigenvalue weighted by molar-refractivity contribution is -0.152. The molecule has 0 radical (unpaired) electrons. The molecule has 0 aromatic heterocycles. The second kappa shape index (κ2) is 39.8. The topological polar surface area (TPSA) is 72.8 Å². The monoisotopic (exact) mass is 677 g/mol. The summed E-state index contributed by atoms with van der Waals surface area (Å²) in [5, 5.41) is 10.0. The van der Waals surface area contributed by atoms with Gasteiger partial charge in [-0.05, 0) is 44.9 Å². The van der Waals surface area contributed by atoms with Crippen LogP contribution in [-0.4, -0.2) is 36.4 Å². The summed E-state index contributed by atoms with van der Waals surface area (Å²) in [5.74, 6) is -0.565. The normalized spacial score (nSPS) is 12.3. The second-order valence-corrected chi connectivity index (χ2v) is 14.1. The maximum Gasteiger partial charge on any atom is 0.305 e. The van der Waals surface area contributed by atoms with Crippen molar-refractivity contribution in [1.29, 1.82) is 0 Å². The Hall–Kier alpha value is -1.62. The Morgan fingerprint density at radius 3 is 1.10 bits per heavy atom. The SMILES string of the molecule is CCCCC/C=C\C/C=C\CCCCCCCCCC(=O)OC[C@H](O)COC(=O)CCCCCCCCCCCCCCCCCCC. The van der Waals surface area contributed by atoms with Crippen LogP contribution in [0, 0.1) is 0 Å². The Labute approximate surface area is 298 Å². The minimum atomic E-state index is -0.963. The molecule has 0 saturated carbocycles. The van der Waals surface area contributed by atoms with Gasteiger partial charge >= 0.3 is 11.9 Å². The van der Waals surface area contributed by atoms with Crippen LogP contribution in [-0.2, 0) is 19.1 Å². The molecule has 0 aliphatic heterocycles. The summed E-state index contributed by atoms with van der Waals surface area (Å²) in [4.78, 5) is 24.0. The Balaban J connectivity index is 3.41. The predicted octanol–water partition coefficient (Wildman–Crippen LogP) is 13.1. The van der Waals surface area contributed by atoms with E-state index in [4.69, 9.17) is 9.47 Å². The summed E-state index contributed by atoms with van der Waals surface area (Å²) in [6.45, 7) is 4.29.